The number of nitrogens with one attached hydrogen (secondary N) is 1. The number of hydrogen-bond donors (Lipinski definition) is 3. The van der Waals surface area contributed by atoms with Gasteiger partial charge in [-0.05, 0) is 32.1 Å². The van der Waals surface area contributed by atoms with E-state index in [-0.39, 0.29) is 12.5 Å². The van der Waals surface area contributed by atoms with E-state index in [1.807, 2.05) is 0 Å². The molecule has 2 atom stereocenters. The van der Waals surface area contributed by atoms with Crippen LogP contribution in [0.5, 0.6) is 0 Å². The van der Waals surface area contributed by atoms with Crippen molar-refractivity contribution in [2.45, 2.75) is 212 Å². The molecule has 0 heterocycles. The van der Waals surface area contributed by atoms with Gasteiger partial charge in [-0.3, -0.25) is 4.79 Å². The van der Waals surface area contributed by atoms with Gasteiger partial charge in [0.25, 0.3) is 0 Å². The van der Waals surface area contributed by atoms with Crippen LogP contribution in [0.25, 0.3) is 0 Å². The Morgan fingerprint density at radius 1 is 0.561 bits per heavy atom. The molecule has 41 heavy (non-hydrogen) atoms. The van der Waals surface area contributed by atoms with Crippen molar-refractivity contribution in [3.05, 3.63) is 12.2 Å². The topological polar surface area (TPSA) is 69.6 Å². The third kappa shape index (κ3) is 30.4. The van der Waals surface area contributed by atoms with Gasteiger partial charge in [0.05, 0.1) is 18.8 Å². The standard InChI is InChI=1S/C37H73NO3/c1-3-5-7-9-11-13-15-16-17-18-19-20-21-23-24-26-28-30-32-36(40)35(34-39)38-37(41)33-31-29-27-25-22-14-12-10-8-6-4-2/h10,12,35-36,39-40H,3-9,11,13-34H2,1-2H3,(H,38,41)/b12-10-. The van der Waals surface area contributed by atoms with Gasteiger partial charge in [-0.2, -0.15) is 0 Å². The van der Waals surface area contributed by atoms with Crippen molar-refractivity contribution in [2.75, 3.05) is 6.61 Å². The molecule has 0 radical (unpaired) electrons. The summed E-state index contributed by atoms with van der Waals surface area (Å²) >= 11 is 0. The molecule has 0 aliphatic carbocycles. The summed E-state index contributed by atoms with van der Waals surface area (Å²) < 4.78 is 0. The van der Waals surface area contributed by atoms with Crippen LogP contribution in [0.1, 0.15) is 200 Å². The van der Waals surface area contributed by atoms with Gasteiger partial charge in [-0.15, -0.1) is 0 Å². The van der Waals surface area contributed by atoms with Crippen molar-refractivity contribution in [1.82, 2.24) is 5.32 Å². The maximum absolute atomic E-state index is 12.3. The van der Waals surface area contributed by atoms with E-state index in [4.69, 9.17) is 0 Å². The molecule has 0 rings (SSSR count). The van der Waals surface area contributed by atoms with Crippen LogP contribution in [0, 0.1) is 0 Å². The van der Waals surface area contributed by atoms with Crippen LogP contribution in [0.4, 0.5) is 0 Å². The molecular weight excluding hydrogens is 506 g/mol. The monoisotopic (exact) mass is 580 g/mol. The van der Waals surface area contributed by atoms with Gasteiger partial charge in [0.15, 0.2) is 0 Å². The summed E-state index contributed by atoms with van der Waals surface area (Å²) in [6.07, 6.45) is 39.8. The molecule has 3 N–H and O–H groups in total. The Morgan fingerprint density at radius 2 is 0.951 bits per heavy atom. The molecule has 0 saturated heterocycles. The van der Waals surface area contributed by atoms with Crippen LogP contribution in [0.2, 0.25) is 0 Å². The van der Waals surface area contributed by atoms with Gasteiger partial charge < -0.3 is 15.5 Å². The number of carbonyl (C=O) groups excluding carboxylic acids is 1. The Kier molecular flexibility index (Phi) is 32.9. The van der Waals surface area contributed by atoms with Crippen LogP contribution in [-0.4, -0.2) is 34.9 Å². The average Bonchev–Trinajstić information content (AvgIpc) is 2.97. The molecule has 2 unspecified atom stereocenters. The van der Waals surface area contributed by atoms with E-state index in [0.717, 1.165) is 25.7 Å². The lowest BCUT2D eigenvalue weighted by Crippen LogP contribution is -2.45. The molecule has 0 aromatic carbocycles. The van der Waals surface area contributed by atoms with E-state index in [1.54, 1.807) is 0 Å². The highest BCUT2D eigenvalue weighted by Gasteiger charge is 2.19. The molecule has 4 heteroatoms. The first-order valence-corrected chi connectivity index (χ1v) is 18.4. The predicted molar refractivity (Wildman–Crippen MR) is 179 cm³/mol. The van der Waals surface area contributed by atoms with Gasteiger partial charge in [0, 0.05) is 6.42 Å². The minimum atomic E-state index is -0.657. The van der Waals surface area contributed by atoms with Crippen molar-refractivity contribution in [3.63, 3.8) is 0 Å². The molecule has 0 aliphatic rings. The molecule has 0 aromatic heterocycles. The maximum Gasteiger partial charge on any atom is 0.220 e. The number of allylic oxidation sites excluding steroid dienone is 2. The minimum Gasteiger partial charge on any atom is -0.394 e. The second-order valence-electron chi connectivity index (χ2n) is 12.6. The fourth-order valence-corrected chi connectivity index (χ4v) is 5.63. The van der Waals surface area contributed by atoms with E-state index < -0.39 is 12.1 Å². The molecule has 0 aliphatic heterocycles. The SMILES string of the molecule is CCCC/C=C\CCCCCCCC(=O)NC(CO)C(O)CCCCCCCCCCCCCCCCCCCC. The van der Waals surface area contributed by atoms with Crippen LogP contribution in [-0.2, 0) is 4.79 Å². The summed E-state index contributed by atoms with van der Waals surface area (Å²) in [6, 6.07) is -0.534. The van der Waals surface area contributed by atoms with Crippen LogP contribution < -0.4 is 5.32 Å². The Bertz CT molecular complexity index is 550. The summed E-state index contributed by atoms with van der Waals surface area (Å²) in [5.74, 6) is -0.0419. The van der Waals surface area contributed by atoms with E-state index >= 15 is 0 Å². The predicted octanol–water partition coefficient (Wildman–Crippen LogP) is 10.7. The maximum atomic E-state index is 12.3. The third-order valence-electron chi connectivity index (χ3n) is 8.53. The summed E-state index contributed by atoms with van der Waals surface area (Å²) in [6.45, 7) is 4.31. The zero-order valence-electron chi connectivity index (χ0n) is 27.8. The van der Waals surface area contributed by atoms with Crippen LogP contribution in [0.15, 0.2) is 12.2 Å². The minimum absolute atomic E-state index is 0.0419. The highest BCUT2D eigenvalue weighted by Crippen LogP contribution is 2.15. The van der Waals surface area contributed by atoms with Crippen molar-refractivity contribution in [2.24, 2.45) is 0 Å². The molecule has 0 aromatic rings. The molecule has 0 bridgehead atoms. The largest absolute Gasteiger partial charge is 0.394 e. The van der Waals surface area contributed by atoms with Gasteiger partial charge in [0.2, 0.25) is 5.91 Å². The number of unbranched alkanes of at least 4 members (excludes halogenated alkanes) is 24. The fraction of sp³-hybridized carbons (Fsp3) is 0.919. The normalized spacial score (nSPS) is 13.2. The van der Waals surface area contributed by atoms with Gasteiger partial charge in [-0.25, -0.2) is 0 Å². The second-order valence-corrected chi connectivity index (χ2v) is 12.6. The lowest BCUT2D eigenvalue weighted by molar-refractivity contribution is -0.123. The van der Waals surface area contributed by atoms with Gasteiger partial charge >= 0.3 is 0 Å². The number of aliphatic hydroxyl groups excluding tert-OH is 2. The summed E-state index contributed by atoms with van der Waals surface area (Å²) in [4.78, 5) is 12.3. The summed E-state index contributed by atoms with van der Waals surface area (Å²) in [7, 11) is 0. The Morgan fingerprint density at radius 3 is 1.41 bits per heavy atom. The first-order valence-electron chi connectivity index (χ1n) is 18.4. The molecular formula is C37H73NO3. The lowest BCUT2D eigenvalue weighted by atomic mass is 10.0. The first-order chi connectivity index (χ1) is 20.2. The molecule has 244 valence electrons. The lowest BCUT2D eigenvalue weighted by Gasteiger charge is -2.22. The highest BCUT2D eigenvalue weighted by atomic mass is 16.3. The quantitative estimate of drug-likeness (QED) is 0.0535. The Balaban J connectivity index is 3.52. The van der Waals surface area contributed by atoms with Crippen molar-refractivity contribution in [3.8, 4) is 0 Å². The van der Waals surface area contributed by atoms with E-state index in [2.05, 4.69) is 31.3 Å². The third-order valence-corrected chi connectivity index (χ3v) is 8.53. The number of amides is 1. The van der Waals surface area contributed by atoms with E-state index in [1.165, 1.54) is 148 Å². The second kappa shape index (κ2) is 33.6. The van der Waals surface area contributed by atoms with E-state index in [9.17, 15) is 15.0 Å². The zero-order chi connectivity index (χ0) is 30.1. The first kappa shape index (κ1) is 40.1. The van der Waals surface area contributed by atoms with Crippen LogP contribution >= 0.6 is 0 Å². The zero-order valence-corrected chi connectivity index (χ0v) is 27.8. The Labute approximate surface area is 256 Å². The number of rotatable bonds is 33. The molecule has 1 amide bonds. The summed E-state index contributed by atoms with van der Waals surface area (Å²) in [5, 5.41) is 23.0. The van der Waals surface area contributed by atoms with Crippen molar-refractivity contribution in [1.29, 1.82) is 0 Å². The van der Waals surface area contributed by atoms with E-state index in [0.29, 0.717) is 12.8 Å². The number of hydrogen-bond acceptors (Lipinski definition) is 3. The van der Waals surface area contributed by atoms with Gasteiger partial charge in [-0.1, -0.05) is 174 Å². The van der Waals surface area contributed by atoms with Gasteiger partial charge in [0.1, 0.15) is 0 Å². The Hall–Kier alpha value is -0.870. The van der Waals surface area contributed by atoms with Crippen LogP contribution in [0.3, 0.4) is 0 Å². The molecule has 0 saturated carbocycles. The number of carbonyl (C=O) groups is 1. The smallest absolute Gasteiger partial charge is 0.220 e. The highest BCUT2D eigenvalue weighted by molar-refractivity contribution is 5.76. The average molecular weight is 580 g/mol. The summed E-state index contributed by atoms with van der Waals surface area (Å²) in [5.41, 5.74) is 0. The molecule has 0 fully saturated rings. The molecule has 0 spiro atoms. The van der Waals surface area contributed by atoms with Crippen molar-refractivity contribution < 1.29 is 15.0 Å². The van der Waals surface area contributed by atoms with Crippen molar-refractivity contribution >= 4 is 5.91 Å². The number of aliphatic hydroxyl groups is 2. The fourth-order valence-electron chi connectivity index (χ4n) is 5.63. The molecule has 4 nitrogen and oxygen atoms in total.